The van der Waals surface area contributed by atoms with Crippen molar-refractivity contribution in [2.24, 2.45) is 0 Å². The summed E-state index contributed by atoms with van der Waals surface area (Å²) in [5.74, 6) is 5.80. The molecule has 4 nitrogen and oxygen atoms in total. The molecule has 0 aliphatic heterocycles. The Morgan fingerprint density at radius 2 is 0.783 bits per heavy atom. The van der Waals surface area contributed by atoms with Crippen LogP contribution in [-0.4, -0.2) is 23.0 Å². The molecule has 60 heavy (non-hydrogen) atoms. The fraction of sp³-hybridized carbons (Fsp3) is 0. The van der Waals surface area contributed by atoms with E-state index in [1.54, 1.807) is 0 Å². The number of rotatable bonds is 6. The Labute approximate surface area is 348 Å². The van der Waals surface area contributed by atoms with Crippen molar-refractivity contribution in [3.05, 3.63) is 218 Å². The van der Waals surface area contributed by atoms with Crippen LogP contribution in [0.5, 0.6) is 0 Å². The van der Waals surface area contributed by atoms with Gasteiger partial charge >= 0.3 is 0 Å². The van der Waals surface area contributed by atoms with E-state index in [-0.39, 0.29) is 0 Å². The molecule has 0 amide bonds. The second kappa shape index (κ2) is 14.8. The van der Waals surface area contributed by atoms with Gasteiger partial charge < -0.3 is 4.42 Å². The van der Waals surface area contributed by atoms with Crippen molar-refractivity contribution in [1.82, 2.24) is 15.0 Å². The fourth-order valence-electron chi connectivity index (χ4n) is 8.63. The zero-order valence-corrected chi connectivity index (χ0v) is 33.5. The van der Waals surface area contributed by atoms with Gasteiger partial charge in [-0.3, -0.25) is 0 Å². The van der Waals surface area contributed by atoms with E-state index in [0.29, 0.717) is 17.5 Å². The lowest BCUT2D eigenvalue weighted by Crippen LogP contribution is -2.66. The largest absolute Gasteiger partial charge is 0.456 e. The number of benzene rings is 9. The van der Waals surface area contributed by atoms with Gasteiger partial charge in [0.2, 0.25) is 8.07 Å². The monoisotopic (exact) mass is 781 g/mol. The first kappa shape index (κ1) is 35.3. The Morgan fingerprint density at radius 1 is 0.350 bits per heavy atom. The summed E-state index contributed by atoms with van der Waals surface area (Å²) in [6.45, 7) is 0. The first-order valence-electron chi connectivity index (χ1n) is 20.1. The highest BCUT2D eigenvalue weighted by atomic mass is 28.3. The number of furan rings is 1. The smallest absolute Gasteiger partial charge is 0.230 e. The zero-order valence-electron chi connectivity index (χ0n) is 32.5. The average Bonchev–Trinajstić information content (AvgIpc) is 3.71. The fourth-order valence-corrected chi connectivity index (χ4v) is 12.5. The molecule has 0 radical (unpaired) electrons. The van der Waals surface area contributed by atoms with Gasteiger partial charge in [-0.15, -0.1) is 5.54 Å². The van der Waals surface area contributed by atoms with Crippen LogP contribution in [0, 0.1) is 11.5 Å². The maximum atomic E-state index is 6.34. The third kappa shape index (κ3) is 5.98. The normalized spacial score (nSPS) is 11.5. The first-order chi connectivity index (χ1) is 29.7. The quantitative estimate of drug-likeness (QED) is 0.0730. The van der Waals surface area contributed by atoms with Crippen LogP contribution in [-0.2, 0) is 0 Å². The van der Waals surface area contributed by atoms with Gasteiger partial charge in [-0.1, -0.05) is 200 Å². The zero-order chi connectivity index (χ0) is 39.9. The molecule has 9 aromatic carbocycles. The molecular formula is C55H35N3OSi. The molecule has 11 rings (SSSR count). The van der Waals surface area contributed by atoms with Gasteiger partial charge in [0.1, 0.15) is 11.2 Å². The van der Waals surface area contributed by atoms with Crippen molar-refractivity contribution in [2.75, 3.05) is 0 Å². The van der Waals surface area contributed by atoms with Gasteiger partial charge in [0.25, 0.3) is 0 Å². The Bertz CT molecular complexity index is 3280. The second-order valence-corrected chi connectivity index (χ2v) is 18.4. The van der Waals surface area contributed by atoms with Crippen LogP contribution in [0.15, 0.2) is 217 Å². The molecule has 0 atom stereocenters. The van der Waals surface area contributed by atoms with Crippen LogP contribution in [0.2, 0.25) is 0 Å². The molecular weight excluding hydrogens is 747 g/mol. The lowest BCUT2D eigenvalue weighted by Gasteiger charge is -2.28. The number of fused-ring (bicyclic) bond motifs is 5. The van der Waals surface area contributed by atoms with Gasteiger partial charge in [-0.2, -0.15) is 0 Å². The van der Waals surface area contributed by atoms with Crippen molar-refractivity contribution < 1.29 is 4.42 Å². The number of aromatic nitrogens is 3. The van der Waals surface area contributed by atoms with Crippen molar-refractivity contribution >= 4 is 67.1 Å². The molecule has 0 bridgehead atoms. The van der Waals surface area contributed by atoms with Crippen LogP contribution in [0.25, 0.3) is 77.6 Å². The van der Waals surface area contributed by atoms with Crippen molar-refractivity contribution in [3.8, 4) is 45.6 Å². The Balaban J connectivity index is 1.20. The molecule has 2 aromatic heterocycles. The third-order valence-electron chi connectivity index (χ3n) is 11.5. The molecule has 0 fully saturated rings. The molecule has 5 heteroatoms. The molecule has 0 saturated heterocycles. The predicted molar refractivity (Wildman–Crippen MR) is 249 cm³/mol. The summed E-state index contributed by atoms with van der Waals surface area (Å²) in [7, 11) is -3.06. The summed E-state index contributed by atoms with van der Waals surface area (Å²) < 4.78 is 6.34. The van der Waals surface area contributed by atoms with E-state index in [0.717, 1.165) is 65.7 Å². The number of hydrogen-bond acceptors (Lipinski definition) is 4. The number of hydrogen-bond donors (Lipinski definition) is 0. The lowest BCUT2D eigenvalue weighted by molar-refractivity contribution is 0.669. The van der Waals surface area contributed by atoms with Crippen molar-refractivity contribution in [2.45, 2.75) is 0 Å². The molecule has 11 aromatic rings. The topological polar surface area (TPSA) is 51.8 Å². The summed E-state index contributed by atoms with van der Waals surface area (Å²) in [6, 6.07) is 74.0. The second-order valence-electron chi connectivity index (χ2n) is 14.9. The summed E-state index contributed by atoms with van der Waals surface area (Å²) in [4.78, 5) is 15.4. The molecule has 2 heterocycles. The summed E-state index contributed by atoms with van der Waals surface area (Å²) in [5.41, 5.74) is 9.66. The molecule has 0 aliphatic carbocycles. The van der Waals surface area contributed by atoms with Crippen LogP contribution in [0.1, 0.15) is 5.56 Å². The van der Waals surface area contributed by atoms with Crippen LogP contribution < -0.4 is 15.6 Å². The predicted octanol–water partition coefficient (Wildman–Crippen LogP) is 11.1. The minimum absolute atomic E-state index is 0.618. The van der Waals surface area contributed by atoms with E-state index < -0.39 is 8.07 Å². The molecule has 0 N–H and O–H groups in total. The standard InChI is InChI=1S/C55H35N3OSi/c1-5-19-38(20-6-1)53-56-54(39-21-7-2-8-22-39)58-55(57-53)52-47-30-15-13-27-43(47)45(44-28-14-16-31-48(44)52)35-36-60(40-23-9-3-10-24-40,41-25-11-4-12-26-41)42-33-34-51-49(37-42)46-29-17-18-32-50(46)59-51/h1-34,37H. The van der Waals surface area contributed by atoms with E-state index in [2.05, 4.69) is 151 Å². The van der Waals surface area contributed by atoms with Gasteiger partial charge in [0, 0.05) is 33.0 Å². The van der Waals surface area contributed by atoms with Crippen LogP contribution >= 0.6 is 0 Å². The van der Waals surface area contributed by atoms with Crippen LogP contribution in [0.3, 0.4) is 0 Å². The molecule has 280 valence electrons. The van der Waals surface area contributed by atoms with Gasteiger partial charge in [-0.05, 0) is 55.3 Å². The van der Waals surface area contributed by atoms with Crippen molar-refractivity contribution in [1.29, 1.82) is 0 Å². The van der Waals surface area contributed by atoms with Gasteiger partial charge in [0.15, 0.2) is 17.5 Å². The summed E-state index contributed by atoms with van der Waals surface area (Å²) in [6.07, 6.45) is 0. The van der Waals surface area contributed by atoms with Gasteiger partial charge in [-0.25, -0.2) is 15.0 Å². The summed E-state index contributed by atoms with van der Waals surface area (Å²) >= 11 is 0. The van der Waals surface area contributed by atoms with E-state index in [1.165, 1.54) is 15.6 Å². The maximum absolute atomic E-state index is 6.34. The van der Waals surface area contributed by atoms with E-state index in [1.807, 2.05) is 72.8 Å². The van der Waals surface area contributed by atoms with Gasteiger partial charge in [0.05, 0.1) is 0 Å². The SMILES string of the molecule is C(#C[Si](c1ccccc1)(c1ccccc1)c1ccc2oc3ccccc3c2c1)c1c2ccccc2c(-c2nc(-c3ccccc3)nc(-c3ccccc3)n2)c2ccccc12. The number of nitrogens with zero attached hydrogens (tertiary/aromatic N) is 3. The lowest BCUT2D eigenvalue weighted by atomic mass is 9.91. The van der Waals surface area contributed by atoms with Crippen LogP contribution in [0.4, 0.5) is 0 Å². The molecule has 0 aliphatic rings. The molecule has 0 unspecified atom stereocenters. The van der Waals surface area contributed by atoms with Crippen molar-refractivity contribution in [3.63, 3.8) is 0 Å². The Hall–Kier alpha value is -7.91. The van der Waals surface area contributed by atoms with E-state index in [4.69, 9.17) is 19.4 Å². The highest BCUT2D eigenvalue weighted by Gasteiger charge is 2.39. The average molecular weight is 782 g/mol. The van der Waals surface area contributed by atoms with E-state index in [9.17, 15) is 0 Å². The Morgan fingerprint density at radius 3 is 1.33 bits per heavy atom. The first-order valence-corrected chi connectivity index (χ1v) is 22.1. The molecule has 0 saturated carbocycles. The highest BCUT2D eigenvalue weighted by Crippen LogP contribution is 2.39. The minimum Gasteiger partial charge on any atom is -0.456 e. The number of para-hydroxylation sites is 1. The maximum Gasteiger partial charge on any atom is 0.230 e. The molecule has 0 spiro atoms. The third-order valence-corrected chi connectivity index (χ3v) is 15.5. The van der Waals surface area contributed by atoms with E-state index >= 15 is 0 Å². The summed E-state index contributed by atoms with van der Waals surface area (Å²) in [5, 5.41) is 9.97. The highest BCUT2D eigenvalue weighted by molar-refractivity contribution is 7.17. The minimum atomic E-state index is -3.06. The Kier molecular flexibility index (Phi) is 8.69.